The summed E-state index contributed by atoms with van der Waals surface area (Å²) >= 11 is 0. The van der Waals surface area contributed by atoms with E-state index >= 15 is 0 Å². The predicted octanol–water partition coefficient (Wildman–Crippen LogP) is 2.50. The molecular weight excluding hydrogens is 202 g/mol. The molecule has 0 heterocycles. The molecule has 0 fully saturated rings. The van der Waals surface area contributed by atoms with E-state index in [0.717, 1.165) is 5.56 Å². The Kier molecular flexibility index (Phi) is 3.58. The first-order chi connectivity index (χ1) is 7.34. The van der Waals surface area contributed by atoms with Gasteiger partial charge in [0.1, 0.15) is 0 Å². The van der Waals surface area contributed by atoms with Gasteiger partial charge in [-0.3, -0.25) is 4.79 Å². The molecule has 1 aromatic carbocycles. The summed E-state index contributed by atoms with van der Waals surface area (Å²) < 4.78 is 5.23. The van der Waals surface area contributed by atoms with Crippen LogP contribution in [0.4, 0.5) is 5.69 Å². The molecule has 0 amide bonds. The Hall–Kier alpha value is -1.51. The highest BCUT2D eigenvalue weighted by molar-refractivity contribution is 5.82. The Morgan fingerprint density at radius 2 is 1.75 bits per heavy atom. The maximum Gasteiger partial charge on any atom is 0.316 e. The third-order valence-electron chi connectivity index (χ3n) is 2.49. The average Bonchev–Trinajstić information content (AvgIpc) is 2.17. The molecule has 0 saturated heterocycles. The van der Waals surface area contributed by atoms with Crippen LogP contribution in [0.15, 0.2) is 24.3 Å². The number of benzene rings is 1. The smallest absolute Gasteiger partial charge is 0.316 e. The number of nitrogen functional groups attached to an aromatic ring is 1. The lowest BCUT2D eigenvalue weighted by atomic mass is 9.84. The first-order valence-electron chi connectivity index (χ1n) is 5.41. The van der Waals surface area contributed by atoms with Crippen molar-refractivity contribution in [1.29, 1.82) is 0 Å². The Morgan fingerprint density at radius 1 is 1.25 bits per heavy atom. The molecule has 1 aromatic rings. The zero-order valence-electron chi connectivity index (χ0n) is 10.3. The second-order valence-electron chi connectivity index (χ2n) is 4.70. The van der Waals surface area contributed by atoms with Crippen LogP contribution in [0.1, 0.15) is 33.3 Å². The second-order valence-corrected chi connectivity index (χ2v) is 4.70. The average molecular weight is 221 g/mol. The Balaban J connectivity index is 2.92. The van der Waals surface area contributed by atoms with Gasteiger partial charge < -0.3 is 10.5 Å². The number of anilines is 1. The summed E-state index contributed by atoms with van der Waals surface area (Å²) in [5.41, 5.74) is 6.57. The van der Waals surface area contributed by atoms with Gasteiger partial charge in [-0.25, -0.2) is 0 Å². The SMILES string of the molecule is CC(C)OC(=O)C(C)(C)c1ccc(N)cc1. The van der Waals surface area contributed by atoms with Crippen LogP contribution < -0.4 is 5.73 Å². The zero-order valence-corrected chi connectivity index (χ0v) is 10.3. The topological polar surface area (TPSA) is 52.3 Å². The number of ether oxygens (including phenoxy) is 1. The minimum absolute atomic E-state index is 0.0967. The van der Waals surface area contributed by atoms with E-state index in [1.54, 1.807) is 12.1 Å². The molecule has 0 aliphatic carbocycles. The van der Waals surface area contributed by atoms with Gasteiger partial charge in [-0.1, -0.05) is 12.1 Å². The first-order valence-corrected chi connectivity index (χ1v) is 5.41. The Morgan fingerprint density at radius 3 is 2.19 bits per heavy atom. The van der Waals surface area contributed by atoms with Crippen molar-refractivity contribution in [3.63, 3.8) is 0 Å². The van der Waals surface area contributed by atoms with Crippen molar-refractivity contribution in [3.05, 3.63) is 29.8 Å². The van der Waals surface area contributed by atoms with E-state index in [1.807, 2.05) is 39.8 Å². The molecule has 0 saturated carbocycles. The molecule has 0 spiro atoms. The molecule has 3 nitrogen and oxygen atoms in total. The van der Waals surface area contributed by atoms with Gasteiger partial charge >= 0.3 is 5.97 Å². The van der Waals surface area contributed by atoms with E-state index in [1.165, 1.54) is 0 Å². The van der Waals surface area contributed by atoms with Gasteiger partial charge in [0.15, 0.2) is 0 Å². The molecule has 0 bridgehead atoms. The molecule has 88 valence electrons. The third kappa shape index (κ3) is 2.75. The van der Waals surface area contributed by atoms with Gasteiger partial charge in [0.05, 0.1) is 11.5 Å². The van der Waals surface area contributed by atoms with Crippen LogP contribution in [0.2, 0.25) is 0 Å². The minimum Gasteiger partial charge on any atom is -0.462 e. The molecule has 0 atom stereocenters. The number of carbonyl (C=O) groups excluding carboxylic acids is 1. The highest BCUT2D eigenvalue weighted by Gasteiger charge is 2.31. The molecule has 3 heteroatoms. The summed E-state index contributed by atoms with van der Waals surface area (Å²) in [4.78, 5) is 11.9. The van der Waals surface area contributed by atoms with Crippen molar-refractivity contribution in [1.82, 2.24) is 0 Å². The number of hydrogen-bond donors (Lipinski definition) is 1. The van der Waals surface area contributed by atoms with Crippen LogP contribution in [0.25, 0.3) is 0 Å². The number of esters is 1. The van der Waals surface area contributed by atoms with Crippen LogP contribution in [-0.4, -0.2) is 12.1 Å². The van der Waals surface area contributed by atoms with Crippen LogP contribution in [0, 0.1) is 0 Å². The number of nitrogens with two attached hydrogens (primary N) is 1. The zero-order chi connectivity index (χ0) is 12.3. The molecule has 2 N–H and O–H groups in total. The largest absolute Gasteiger partial charge is 0.462 e. The van der Waals surface area contributed by atoms with Gasteiger partial charge in [-0.2, -0.15) is 0 Å². The minimum atomic E-state index is -0.641. The van der Waals surface area contributed by atoms with E-state index in [4.69, 9.17) is 10.5 Å². The van der Waals surface area contributed by atoms with E-state index in [0.29, 0.717) is 5.69 Å². The van der Waals surface area contributed by atoms with Crippen molar-refractivity contribution >= 4 is 11.7 Å². The highest BCUT2D eigenvalue weighted by atomic mass is 16.5. The lowest BCUT2D eigenvalue weighted by Gasteiger charge is -2.24. The first kappa shape index (κ1) is 12.6. The van der Waals surface area contributed by atoms with E-state index in [-0.39, 0.29) is 12.1 Å². The summed E-state index contributed by atoms with van der Waals surface area (Å²) in [7, 11) is 0. The van der Waals surface area contributed by atoms with Crippen molar-refractivity contribution in [2.24, 2.45) is 0 Å². The van der Waals surface area contributed by atoms with Gasteiger partial charge in [0.25, 0.3) is 0 Å². The van der Waals surface area contributed by atoms with Crippen LogP contribution in [0.3, 0.4) is 0 Å². The standard InChI is InChI=1S/C13H19NO2/c1-9(2)16-12(15)13(3,4)10-5-7-11(14)8-6-10/h5-9H,14H2,1-4H3. The van der Waals surface area contributed by atoms with Gasteiger partial charge in [-0.05, 0) is 45.4 Å². The van der Waals surface area contributed by atoms with Crippen LogP contribution >= 0.6 is 0 Å². The monoisotopic (exact) mass is 221 g/mol. The van der Waals surface area contributed by atoms with Gasteiger partial charge in [0, 0.05) is 5.69 Å². The van der Waals surface area contributed by atoms with Crippen molar-refractivity contribution in [2.75, 3.05) is 5.73 Å². The normalized spacial score (nSPS) is 11.6. The summed E-state index contributed by atoms with van der Waals surface area (Å²) in [6, 6.07) is 7.30. The lowest BCUT2D eigenvalue weighted by molar-refractivity contribution is -0.153. The van der Waals surface area contributed by atoms with E-state index < -0.39 is 5.41 Å². The number of hydrogen-bond acceptors (Lipinski definition) is 3. The lowest BCUT2D eigenvalue weighted by Crippen LogP contribution is -2.32. The van der Waals surface area contributed by atoms with E-state index in [2.05, 4.69) is 0 Å². The molecule has 0 aliphatic rings. The molecule has 16 heavy (non-hydrogen) atoms. The van der Waals surface area contributed by atoms with E-state index in [9.17, 15) is 4.79 Å². The summed E-state index contributed by atoms with van der Waals surface area (Å²) in [6.07, 6.45) is -0.0967. The summed E-state index contributed by atoms with van der Waals surface area (Å²) in [6.45, 7) is 7.39. The molecule has 1 rings (SSSR count). The fourth-order valence-corrected chi connectivity index (χ4v) is 1.38. The van der Waals surface area contributed by atoms with Crippen LogP contribution in [-0.2, 0) is 14.9 Å². The predicted molar refractivity (Wildman–Crippen MR) is 65.1 cm³/mol. The maximum absolute atomic E-state index is 11.9. The summed E-state index contributed by atoms with van der Waals surface area (Å²) in [5.74, 6) is -0.215. The van der Waals surface area contributed by atoms with Crippen molar-refractivity contribution in [3.8, 4) is 0 Å². The van der Waals surface area contributed by atoms with Gasteiger partial charge in [-0.15, -0.1) is 0 Å². The van der Waals surface area contributed by atoms with Crippen molar-refractivity contribution < 1.29 is 9.53 Å². The fraction of sp³-hybridized carbons (Fsp3) is 0.462. The summed E-state index contributed by atoms with van der Waals surface area (Å²) in [5, 5.41) is 0. The van der Waals surface area contributed by atoms with Gasteiger partial charge in [0.2, 0.25) is 0 Å². The number of rotatable bonds is 3. The fourth-order valence-electron chi connectivity index (χ4n) is 1.38. The Bertz CT molecular complexity index is 366. The molecule has 0 aromatic heterocycles. The molecular formula is C13H19NO2. The van der Waals surface area contributed by atoms with Crippen LogP contribution in [0.5, 0.6) is 0 Å². The number of carbonyl (C=O) groups is 1. The highest BCUT2D eigenvalue weighted by Crippen LogP contribution is 2.26. The molecule has 0 aliphatic heterocycles. The second kappa shape index (κ2) is 4.56. The Labute approximate surface area is 96.6 Å². The quantitative estimate of drug-likeness (QED) is 0.630. The van der Waals surface area contributed by atoms with Crippen molar-refractivity contribution in [2.45, 2.75) is 39.2 Å². The molecule has 0 radical (unpaired) electrons. The maximum atomic E-state index is 11.9. The third-order valence-corrected chi connectivity index (χ3v) is 2.49. The molecule has 0 unspecified atom stereocenters.